The normalized spacial score (nSPS) is 10.9. The molecule has 5 aromatic rings. The van der Waals surface area contributed by atoms with Gasteiger partial charge in [0, 0.05) is 22.6 Å². The van der Waals surface area contributed by atoms with E-state index in [2.05, 4.69) is 77.5 Å². The van der Waals surface area contributed by atoms with Gasteiger partial charge < -0.3 is 0 Å². The Hall–Kier alpha value is -3.62. The van der Waals surface area contributed by atoms with Crippen molar-refractivity contribution in [2.24, 2.45) is 0 Å². The van der Waals surface area contributed by atoms with E-state index in [9.17, 15) is 0 Å². The molecule has 150 valence electrons. The first-order valence-corrected chi connectivity index (χ1v) is 10.7. The van der Waals surface area contributed by atoms with Gasteiger partial charge in [-0.3, -0.25) is 0 Å². The van der Waals surface area contributed by atoms with Gasteiger partial charge in [-0.25, -0.2) is 4.68 Å². The summed E-state index contributed by atoms with van der Waals surface area (Å²) in [5.41, 5.74) is 7.77. The summed E-state index contributed by atoms with van der Waals surface area (Å²) in [6, 6.07) is 39.3. The molecule has 1 aromatic heterocycles. The molecule has 0 spiro atoms. The number of para-hydroxylation sites is 1. The van der Waals surface area contributed by atoms with Crippen LogP contribution in [0.2, 0.25) is 5.02 Å². The molecule has 0 aliphatic rings. The van der Waals surface area contributed by atoms with Crippen molar-refractivity contribution in [2.45, 2.75) is 6.42 Å². The Labute approximate surface area is 187 Å². The average Bonchev–Trinajstić information content (AvgIpc) is 3.20. The molecule has 4 aromatic carbocycles. The molecule has 0 unspecified atom stereocenters. The zero-order chi connectivity index (χ0) is 21.0. The second kappa shape index (κ2) is 8.63. The van der Waals surface area contributed by atoms with Gasteiger partial charge in [0.15, 0.2) is 0 Å². The van der Waals surface area contributed by atoms with E-state index in [-0.39, 0.29) is 0 Å². The number of hydrogen-bond acceptors (Lipinski definition) is 1. The Balaban J connectivity index is 1.79. The zero-order valence-corrected chi connectivity index (χ0v) is 17.7. The summed E-state index contributed by atoms with van der Waals surface area (Å²) in [6.45, 7) is 0. The van der Waals surface area contributed by atoms with Crippen LogP contribution in [-0.2, 0) is 6.42 Å². The molecule has 0 aliphatic carbocycles. The molecule has 0 aliphatic heterocycles. The second-order valence-electron chi connectivity index (χ2n) is 7.45. The van der Waals surface area contributed by atoms with Crippen molar-refractivity contribution in [3.63, 3.8) is 0 Å². The molecule has 0 atom stereocenters. The maximum Gasteiger partial charge on any atom is 0.0822 e. The predicted octanol–water partition coefficient (Wildman–Crippen LogP) is 7.45. The molecule has 0 amide bonds. The number of hydrogen-bond donors (Lipinski definition) is 0. The number of aromatic nitrogens is 2. The van der Waals surface area contributed by atoms with Crippen LogP contribution in [0.4, 0.5) is 0 Å². The first-order valence-electron chi connectivity index (χ1n) is 10.3. The number of nitrogens with zero attached hydrogens (tertiary/aromatic N) is 2. The van der Waals surface area contributed by atoms with E-state index in [1.54, 1.807) is 0 Å². The smallest absolute Gasteiger partial charge is 0.0822 e. The van der Waals surface area contributed by atoms with E-state index in [0.717, 1.165) is 45.2 Å². The van der Waals surface area contributed by atoms with Gasteiger partial charge in [0.05, 0.1) is 17.1 Å². The molecule has 0 saturated carbocycles. The van der Waals surface area contributed by atoms with Crippen LogP contribution in [0.25, 0.3) is 28.1 Å². The maximum atomic E-state index is 6.20. The Bertz CT molecular complexity index is 1280. The fraction of sp³-hybridized carbons (Fsp3) is 0.0357. The van der Waals surface area contributed by atoms with E-state index in [1.165, 1.54) is 5.56 Å². The Morgan fingerprint density at radius 2 is 1.19 bits per heavy atom. The van der Waals surface area contributed by atoms with Crippen LogP contribution in [0.3, 0.4) is 0 Å². The molecule has 31 heavy (non-hydrogen) atoms. The van der Waals surface area contributed by atoms with Crippen LogP contribution >= 0.6 is 11.6 Å². The van der Waals surface area contributed by atoms with Gasteiger partial charge in [0.2, 0.25) is 0 Å². The second-order valence-corrected chi connectivity index (χ2v) is 7.89. The third kappa shape index (κ3) is 4.03. The summed E-state index contributed by atoms with van der Waals surface area (Å²) in [7, 11) is 0. The molecule has 3 heteroatoms. The highest BCUT2D eigenvalue weighted by Gasteiger charge is 2.22. The lowest BCUT2D eigenvalue weighted by Crippen LogP contribution is -1.99. The van der Waals surface area contributed by atoms with E-state index in [1.807, 2.05) is 42.5 Å². The minimum atomic E-state index is 0.722. The largest absolute Gasteiger partial charge is 0.232 e. The molecule has 5 rings (SSSR count). The third-order valence-electron chi connectivity index (χ3n) is 5.35. The molecule has 0 bridgehead atoms. The number of rotatable bonds is 5. The first kappa shape index (κ1) is 19.3. The highest BCUT2D eigenvalue weighted by molar-refractivity contribution is 6.30. The quantitative estimate of drug-likeness (QED) is 0.288. The molecule has 0 radical (unpaired) electrons. The van der Waals surface area contributed by atoms with Crippen molar-refractivity contribution in [3.8, 4) is 28.1 Å². The standard InChI is InChI=1S/C28H21ClN2/c29-24-18-16-23(17-19-24)28-27(22-12-6-2-7-13-22)26(20-21-10-4-1-5-11-21)30-31(28)25-14-8-3-9-15-25/h1-19H,20H2. The molecule has 0 saturated heterocycles. The fourth-order valence-corrected chi connectivity index (χ4v) is 4.04. The minimum Gasteiger partial charge on any atom is -0.232 e. The monoisotopic (exact) mass is 420 g/mol. The van der Waals surface area contributed by atoms with E-state index >= 15 is 0 Å². The Kier molecular flexibility index (Phi) is 5.39. The van der Waals surface area contributed by atoms with Crippen LogP contribution in [0.1, 0.15) is 11.3 Å². The van der Waals surface area contributed by atoms with Gasteiger partial charge in [0.25, 0.3) is 0 Å². The number of benzene rings is 4. The number of halogens is 1. The molecular formula is C28H21ClN2. The van der Waals surface area contributed by atoms with Gasteiger partial charge in [-0.1, -0.05) is 103 Å². The van der Waals surface area contributed by atoms with E-state index in [4.69, 9.17) is 16.7 Å². The zero-order valence-electron chi connectivity index (χ0n) is 16.9. The molecule has 0 N–H and O–H groups in total. The van der Waals surface area contributed by atoms with Crippen molar-refractivity contribution in [2.75, 3.05) is 0 Å². The molecular weight excluding hydrogens is 400 g/mol. The SMILES string of the molecule is Clc1ccc(-c2c(-c3ccccc3)c(Cc3ccccc3)nn2-c2ccccc2)cc1. The summed E-state index contributed by atoms with van der Waals surface area (Å²) < 4.78 is 2.06. The Morgan fingerprint density at radius 3 is 1.84 bits per heavy atom. The summed E-state index contributed by atoms with van der Waals surface area (Å²) in [4.78, 5) is 0. The minimum absolute atomic E-state index is 0.722. The molecule has 0 fully saturated rings. The van der Waals surface area contributed by atoms with Crippen LogP contribution < -0.4 is 0 Å². The lowest BCUT2D eigenvalue weighted by Gasteiger charge is -2.11. The molecule has 2 nitrogen and oxygen atoms in total. The summed E-state index contributed by atoms with van der Waals surface area (Å²) >= 11 is 6.20. The van der Waals surface area contributed by atoms with Gasteiger partial charge in [-0.2, -0.15) is 5.10 Å². The van der Waals surface area contributed by atoms with Gasteiger partial charge >= 0.3 is 0 Å². The van der Waals surface area contributed by atoms with Gasteiger partial charge in [-0.05, 0) is 35.4 Å². The van der Waals surface area contributed by atoms with Crippen molar-refractivity contribution >= 4 is 11.6 Å². The maximum absolute atomic E-state index is 6.20. The fourth-order valence-electron chi connectivity index (χ4n) is 3.91. The summed E-state index contributed by atoms with van der Waals surface area (Å²) in [5.74, 6) is 0. The van der Waals surface area contributed by atoms with Gasteiger partial charge in [-0.15, -0.1) is 0 Å². The topological polar surface area (TPSA) is 17.8 Å². The molecule has 1 heterocycles. The van der Waals surface area contributed by atoms with Crippen LogP contribution in [0.15, 0.2) is 115 Å². The highest BCUT2D eigenvalue weighted by atomic mass is 35.5. The van der Waals surface area contributed by atoms with Crippen LogP contribution in [0, 0.1) is 0 Å². The van der Waals surface area contributed by atoms with Crippen molar-refractivity contribution in [1.82, 2.24) is 9.78 Å². The first-order chi connectivity index (χ1) is 15.3. The van der Waals surface area contributed by atoms with Gasteiger partial charge in [0.1, 0.15) is 0 Å². The lowest BCUT2D eigenvalue weighted by molar-refractivity contribution is 0.854. The summed E-state index contributed by atoms with van der Waals surface area (Å²) in [6.07, 6.45) is 0.755. The highest BCUT2D eigenvalue weighted by Crippen LogP contribution is 2.38. The van der Waals surface area contributed by atoms with Crippen LogP contribution in [-0.4, -0.2) is 9.78 Å². The Morgan fingerprint density at radius 1 is 0.613 bits per heavy atom. The van der Waals surface area contributed by atoms with Crippen molar-refractivity contribution < 1.29 is 0 Å². The van der Waals surface area contributed by atoms with Crippen molar-refractivity contribution in [3.05, 3.63) is 132 Å². The predicted molar refractivity (Wildman–Crippen MR) is 129 cm³/mol. The van der Waals surface area contributed by atoms with Crippen molar-refractivity contribution in [1.29, 1.82) is 0 Å². The lowest BCUT2D eigenvalue weighted by atomic mass is 9.96. The van der Waals surface area contributed by atoms with E-state index in [0.29, 0.717) is 0 Å². The average molecular weight is 421 g/mol. The summed E-state index contributed by atoms with van der Waals surface area (Å²) in [5, 5.41) is 5.86. The van der Waals surface area contributed by atoms with Crippen LogP contribution in [0.5, 0.6) is 0 Å². The van der Waals surface area contributed by atoms with E-state index < -0.39 is 0 Å². The third-order valence-corrected chi connectivity index (χ3v) is 5.61.